The summed E-state index contributed by atoms with van der Waals surface area (Å²) in [5.74, 6) is 0.959. The second kappa shape index (κ2) is 7.05. The first kappa shape index (κ1) is 16.9. The number of hydrogen-bond acceptors (Lipinski definition) is 3. The molecule has 0 saturated carbocycles. The molecular formula is C22H18N4OS. The van der Waals surface area contributed by atoms with Crippen LogP contribution in [0, 0.1) is 0 Å². The highest BCUT2D eigenvalue weighted by atomic mass is 32.2. The predicted molar refractivity (Wildman–Crippen MR) is 112 cm³/mol. The van der Waals surface area contributed by atoms with E-state index in [4.69, 9.17) is 0 Å². The molecule has 0 spiro atoms. The average molecular weight is 386 g/mol. The lowest BCUT2D eigenvalue weighted by atomic mass is 10.1. The number of anilines is 1. The van der Waals surface area contributed by atoms with Gasteiger partial charge in [0.15, 0.2) is 5.16 Å². The summed E-state index contributed by atoms with van der Waals surface area (Å²) in [4.78, 5) is 17.3. The lowest BCUT2D eigenvalue weighted by Gasteiger charge is -2.08. The molecule has 0 fully saturated rings. The molecule has 5 rings (SSSR count). The van der Waals surface area contributed by atoms with Crippen molar-refractivity contribution in [2.45, 2.75) is 11.7 Å². The van der Waals surface area contributed by atoms with Gasteiger partial charge in [-0.2, -0.15) is 0 Å². The summed E-state index contributed by atoms with van der Waals surface area (Å²) >= 11 is 1.78. The summed E-state index contributed by atoms with van der Waals surface area (Å²) < 4.78 is 4.18. The van der Waals surface area contributed by atoms with Crippen molar-refractivity contribution in [3.8, 4) is 16.9 Å². The van der Waals surface area contributed by atoms with Crippen molar-refractivity contribution in [2.24, 2.45) is 0 Å². The molecule has 1 N–H and O–H groups in total. The summed E-state index contributed by atoms with van der Waals surface area (Å²) in [6, 6.07) is 19.3. The number of aromatic nitrogens is 3. The Balaban J connectivity index is 1.33. The van der Waals surface area contributed by atoms with Gasteiger partial charge in [-0.05, 0) is 48.5 Å². The summed E-state index contributed by atoms with van der Waals surface area (Å²) in [5.41, 5.74) is 4.35. The van der Waals surface area contributed by atoms with E-state index in [0.717, 1.165) is 40.1 Å². The van der Waals surface area contributed by atoms with E-state index in [0.29, 0.717) is 5.56 Å². The number of nitrogens with one attached hydrogen (secondary N) is 1. The smallest absolute Gasteiger partial charge is 0.255 e. The van der Waals surface area contributed by atoms with Crippen LogP contribution in [0.2, 0.25) is 0 Å². The number of nitrogens with zero attached hydrogens (tertiary/aromatic N) is 3. The third-order valence-electron chi connectivity index (χ3n) is 4.75. The number of benzene rings is 2. The molecule has 4 aromatic rings. The highest BCUT2D eigenvalue weighted by molar-refractivity contribution is 7.99. The van der Waals surface area contributed by atoms with Gasteiger partial charge in [0, 0.05) is 53.4 Å². The topological polar surface area (TPSA) is 51.9 Å². The molecule has 1 amide bonds. The van der Waals surface area contributed by atoms with Crippen LogP contribution in [0.15, 0.2) is 84.4 Å². The summed E-state index contributed by atoms with van der Waals surface area (Å²) in [5, 5.41) is 4.05. The summed E-state index contributed by atoms with van der Waals surface area (Å²) in [6.45, 7) is 1.00. The van der Waals surface area contributed by atoms with Crippen molar-refractivity contribution in [3.05, 3.63) is 84.8 Å². The van der Waals surface area contributed by atoms with E-state index in [1.54, 1.807) is 11.8 Å². The Morgan fingerprint density at radius 2 is 1.86 bits per heavy atom. The number of imidazole rings is 1. The standard InChI is InChI=1S/C22H18N4OS/c27-21(16-6-8-19(9-7-16)25-10-1-2-11-25)23-18-5-3-4-17(14-18)20-15-26-12-13-28-22(26)24-20/h1-11,14-15H,12-13H2,(H,23,27). The first-order valence-electron chi connectivity index (χ1n) is 9.11. The molecule has 0 unspecified atom stereocenters. The van der Waals surface area contributed by atoms with E-state index in [9.17, 15) is 4.79 Å². The van der Waals surface area contributed by atoms with Gasteiger partial charge in [-0.15, -0.1) is 0 Å². The largest absolute Gasteiger partial charge is 0.325 e. The molecule has 138 valence electrons. The lowest BCUT2D eigenvalue weighted by Crippen LogP contribution is -2.11. The number of thioether (sulfide) groups is 1. The van der Waals surface area contributed by atoms with Crippen LogP contribution < -0.4 is 5.32 Å². The van der Waals surface area contributed by atoms with Gasteiger partial charge in [0.05, 0.1) is 5.69 Å². The van der Waals surface area contributed by atoms with E-state index in [1.165, 1.54) is 0 Å². The SMILES string of the molecule is O=C(Nc1cccc(-c2cn3c(n2)SCC3)c1)c1ccc(-n2cccc2)cc1. The predicted octanol–water partition coefficient (Wildman–Crippen LogP) is 4.70. The molecule has 0 radical (unpaired) electrons. The van der Waals surface area contributed by atoms with Crippen molar-refractivity contribution >= 4 is 23.4 Å². The second-order valence-corrected chi connectivity index (χ2v) is 7.68. The fraction of sp³-hybridized carbons (Fsp3) is 0.0909. The van der Waals surface area contributed by atoms with E-state index in [-0.39, 0.29) is 5.91 Å². The minimum absolute atomic E-state index is 0.126. The second-order valence-electron chi connectivity index (χ2n) is 6.62. The number of aryl methyl sites for hydroxylation is 1. The van der Waals surface area contributed by atoms with Gasteiger partial charge >= 0.3 is 0 Å². The fourth-order valence-electron chi connectivity index (χ4n) is 3.30. The van der Waals surface area contributed by atoms with Crippen LogP contribution in [0.1, 0.15) is 10.4 Å². The van der Waals surface area contributed by atoms with E-state index in [1.807, 2.05) is 77.6 Å². The Bertz CT molecular complexity index is 1110. The van der Waals surface area contributed by atoms with Gasteiger partial charge in [0.1, 0.15) is 0 Å². The maximum atomic E-state index is 12.6. The maximum absolute atomic E-state index is 12.6. The molecule has 0 aliphatic carbocycles. The summed E-state index contributed by atoms with van der Waals surface area (Å²) in [7, 11) is 0. The Morgan fingerprint density at radius 3 is 2.64 bits per heavy atom. The quantitative estimate of drug-likeness (QED) is 0.553. The van der Waals surface area contributed by atoms with Crippen LogP contribution >= 0.6 is 11.8 Å². The van der Waals surface area contributed by atoms with Crippen LogP contribution in [-0.4, -0.2) is 25.8 Å². The molecule has 3 heterocycles. The molecular weight excluding hydrogens is 368 g/mol. The van der Waals surface area contributed by atoms with Crippen LogP contribution in [0.5, 0.6) is 0 Å². The van der Waals surface area contributed by atoms with Crippen molar-refractivity contribution in [1.82, 2.24) is 14.1 Å². The molecule has 5 nitrogen and oxygen atoms in total. The Labute approximate surface area is 167 Å². The fourth-order valence-corrected chi connectivity index (χ4v) is 4.24. The molecule has 1 aliphatic heterocycles. The van der Waals surface area contributed by atoms with Crippen molar-refractivity contribution in [2.75, 3.05) is 11.1 Å². The first-order valence-corrected chi connectivity index (χ1v) is 10.1. The third kappa shape index (κ3) is 3.23. The van der Waals surface area contributed by atoms with Gasteiger partial charge in [0.25, 0.3) is 5.91 Å². The number of amides is 1. The van der Waals surface area contributed by atoms with Gasteiger partial charge in [-0.3, -0.25) is 4.79 Å². The van der Waals surface area contributed by atoms with Crippen LogP contribution in [0.3, 0.4) is 0 Å². The number of carbonyl (C=O) groups is 1. The normalized spacial score (nSPS) is 12.7. The molecule has 6 heteroatoms. The van der Waals surface area contributed by atoms with Gasteiger partial charge in [0.2, 0.25) is 0 Å². The minimum atomic E-state index is -0.126. The van der Waals surface area contributed by atoms with E-state index < -0.39 is 0 Å². The first-order chi connectivity index (χ1) is 13.8. The molecule has 28 heavy (non-hydrogen) atoms. The molecule has 0 bridgehead atoms. The monoisotopic (exact) mass is 386 g/mol. The number of rotatable bonds is 4. The minimum Gasteiger partial charge on any atom is -0.325 e. The van der Waals surface area contributed by atoms with Gasteiger partial charge in [-0.25, -0.2) is 4.98 Å². The molecule has 2 aromatic carbocycles. The molecule has 0 atom stereocenters. The van der Waals surface area contributed by atoms with Crippen LogP contribution in [0.4, 0.5) is 5.69 Å². The van der Waals surface area contributed by atoms with Crippen molar-refractivity contribution < 1.29 is 4.79 Å². The van der Waals surface area contributed by atoms with E-state index >= 15 is 0 Å². The molecule has 0 saturated heterocycles. The van der Waals surface area contributed by atoms with Gasteiger partial charge < -0.3 is 14.5 Å². The summed E-state index contributed by atoms with van der Waals surface area (Å²) in [6.07, 6.45) is 6.03. The van der Waals surface area contributed by atoms with Crippen molar-refractivity contribution in [3.63, 3.8) is 0 Å². The average Bonchev–Trinajstić information content (AvgIpc) is 3.46. The van der Waals surface area contributed by atoms with Gasteiger partial charge in [-0.1, -0.05) is 23.9 Å². The van der Waals surface area contributed by atoms with Crippen LogP contribution in [-0.2, 0) is 6.54 Å². The Hall–Kier alpha value is -3.25. The number of fused-ring (bicyclic) bond motifs is 1. The zero-order valence-corrected chi connectivity index (χ0v) is 15.9. The highest BCUT2D eigenvalue weighted by Crippen LogP contribution is 2.30. The Kier molecular flexibility index (Phi) is 4.25. The van der Waals surface area contributed by atoms with Crippen molar-refractivity contribution in [1.29, 1.82) is 0 Å². The third-order valence-corrected chi connectivity index (χ3v) is 5.72. The van der Waals surface area contributed by atoms with Crippen LogP contribution in [0.25, 0.3) is 16.9 Å². The number of hydrogen-bond donors (Lipinski definition) is 1. The zero-order valence-electron chi connectivity index (χ0n) is 15.1. The molecule has 1 aliphatic rings. The highest BCUT2D eigenvalue weighted by Gasteiger charge is 2.15. The number of carbonyl (C=O) groups excluding carboxylic acids is 1. The Morgan fingerprint density at radius 1 is 1.04 bits per heavy atom. The zero-order chi connectivity index (χ0) is 18.9. The lowest BCUT2D eigenvalue weighted by molar-refractivity contribution is 0.102. The molecule has 2 aromatic heterocycles. The maximum Gasteiger partial charge on any atom is 0.255 e. The van der Waals surface area contributed by atoms with E-state index in [2.05, 4.69) is 21.1 Å².